The summed E-state index contributed by atoms with van der Waals surface area (Å²) in [6, 6.07) is 4.97. The highest BCUT2D eigenvalue weighted by Crippen LogP contribution is 2.29. The number of nitrogens with one attached hydrogen (secondary N) is 2. The maximum Gasteiger partial charge on any atom is 0.416 e. The smallest absolute Gasteiger partial charge is 0.416 e. The second-order valence-corrected chi connectivity index (χ2v) is 7.61. The largest absolute Gasteiger partial charge is 0.480 e. The molecule has 0 unspecified atom stereocenters. The molecule has 0 saturated heterocycles. The summed E-state index contributed by atoms with van der Waals surface area (Å²) in [6.07, 6.45) is -0.739. The average Bonchev–Trinajstić information content (AvgIpc) is 3.40. The molecule has 0 amide bonds. The average molecular weight is 475 g/mol. The van der Waals surface area contributed by atoms with Gasteiger partial charge in [0.25, 0.3) is 5.56 Å². The number of rotatable bonds is 8. The van der Waals surface area contributed by atoms with Crippen molar-refractivity contribution in [1.29, 1.82) is 0 Å². The number of halogens is 3. The van der Waals surface area contributed by atoms with Crippen molar-refractivity contribution >= 4 is 23.1 Å². The zero-order valence-corrected chi connectivity index (χ0v) is 17.9. The van der Waals surface area contributed by atoms with Gasteiger partial charge in [0, 0.05) is 12.7 Å². The summed E-state index contributed by atoms with van der Waals surface area (Å²) in [5, 5.41) is 13.3. The predicted octanol–water partition coefficient (Wildman–Crippen LogP) is 2.88. The van der Waals surface area contributed by atoms with Gasteiger partial charge in [-0.25, -0.2) is 4.98 Å². The van der Waals surface area contributed by atoms with Gasteiger partial charge in [-0.3, -0.25) is 19.3 Å². The summed E-state index contributed by atoms with van der Waals surface area (Å²) in [4.78, 5) is 39.2. The number of carbonyl (C=O) groups is 1. The second kappa shape index (κ2) is 9.00. The van der Waals surface area contributed by atoms with E-state index in [0.29, 0.717) is 29.9 Å². The Kier molecular flexibility index (Phi) is 6.09. The quantitative estimate of drug-likeness (QED) is 0.357. The summed E-state index contributed by atoms with van der Waals surface area (Å²) < 4.78 is 40.3. The van der Waals surface area contributed by atoms with E-state index in [1.165, 1.54) is 21.8 Å². The lowest BCUT2D eigenvalue weighted by Gasteiger charge is -2.19. The Morgan fingerprint density at radius 3 is 2.74 bits per heavy atom. The Balaban J connectivity index is 1.61. The predicted molar refractivity (Wildman–Crippen MR) is 116 cm³/mol. The standard InChI is InChI=1S/C21H20F3N7O3/c1-2-6-30(11-15(32)33)20-28-18-16(19(34)29-20)26-17(27-18)13-8-25-31(10-13)9-12-4-3-5-14(7-12)21(22,23)24/h3-5,7-8,10H,2,6,9,11H2,1H3,(H,32,33)(H2,26,27,28,29,34). The van der Waals surface area contributed by atoms with E-state index < -0.39 is 23.3 Å². The van der Waals surface area contributed by atoms with Crippen molar-refractivity contribution in [3.8, 4) is 11.4 Å². The zero-order chi connectivity index (χ0) is 24.5. The van der Waals surface area contributed by atoms with Crippen molar-refractivity contribution in [2.75, 3.05) is 18.0 Å². The summed E-state index contributed by atoms with van der Waals surface area (Å²) in [6.45, 7) is 2.02. The number of anilines is 1. The van der Waals surface area contributed by atoms with Crippen LogP contribution in [0.3, 0.4) is 0 Å². The summed E-state index contributed by atoms with van der Waals surface area (Å²) in [5.74, 6) is -0.673. The Bertz CT molecular complexity index is 1390. The van der Waals surface area contributed by atoms with Gasteiger partial charge < -0.3 is 15.0 Å². The molecule has 0 saturated carbocycles. The molecule has 0 bridgehead atoms. The third kappa shape index (κ3) is 4.92. The second-order valence-electron chi connectivity index (χ2n) is 7.61. The van der Waals surface area contributed by atoms with E-state index in [1.807, 2.05) is 6.92 Å². The summed E-state index contributed by atoms with van der Waals surface area (Å²) in [7, 11) is 0. The first-order valence-corrected chi connectivity index (χ1v) is 10.3. The number of aromatic nitrogens is 6. The van der Waals surface area contributed by atoms with E-state index in [2.05, 4.69) is 25.0 Å². The van der Waals surface area contributed by atoms with Gasteiger partial charge in [-0.05, 0) is 24.1 Å². The summed E-state index contributed by atoms with van der Waals surface area (Å²) in [5.41, 5.74) is -0.118. The van der Waals surface area contributed by atoms with Crippen LogP contribution in [0, 0.1) is 0 Å². The van der Waals surface area contributed by atoms with Crippen LogP contribution in [0.4, 0.5) is 19.1 Å². The molecule has 0 fully saturated rings. The summed E-state index contributed by atoms with van der Waals surface area (Å²) >= 11 is 0. The van der Waals surface area contributed by atoms with E-state index in [4.69, 9.17) is 5.11 Å². The maximum atomic E-state index is 12.9. The lowest BCUT2D eigenvalue weighted by atomic mass is 10.1. The van der Waals surface area contributed by atoms with Gasteiger partial charge in [-0.15, -0.1) is 0 Å². The molecule has 0 atom stereocenters. The zero-order valence-electron chi connectivity index (χ0n) is 17.9. The molecular weight excluding hydrogens is 455 g/mol. The number of imidazole rings is 1. The van der Waals surface area contributed by atoms with Crippen LogP contribution < -0.4 is 10.5 Å². The van der Waals surface area contributed by atoms with Gasteiger partial charge in [-0.2, -0.15) is 23.3 Å². The highest BCUT2D eigenvalue weighted by atomic mass is 19.4. The molecule has 0 radical (unpaired) electrons. The molecule has 0 spiro atoms. The van der Waals surface area contributed by atoms with E-state index in [0.717, 1.165) is 12.1 Å². The van der Waals surface area contributed by atoms with Crippen molar-refractivity contribution in [2.24, 2.45) is 0 Å². The minimum atomic E-state index is -4.43. The van der Waals surface area contributed by atoms with Crippen molar-refractivity contribution < 1.29 is 23.1 Å². The molecule has 34 heavy (non-hydrogen) atoms. The first-order chi connectivity index (χ1) is 16.1. The number of aromatic amines is 2. The molecule has 1 aromatic carbocycles. The van der Waals surface area contributed by atoms with Crippen LogP contribution in [0.1, 0.15) is 24.5 Å². The normalized spacial score (nSPS) is 11.8. The number of carboxylic acid groups (broad SMARTS) is 1. The van der Waals surface area contributed by atoms with Gasteiger partial charge in [0.1, 0.15) is 12.4 Å². The van der Waals surface area contributed by atoms with Crippen LogP contribution in [-0.2, 0) is 17.5 Å². The molecular formula is C21H20F3N7O3. The van der Waals surface area contributed by atoms with Crippen LogP contribution in [0.25, 0.3) is 22.6 Å². The number of nitrogens with zero attached hydrogens (tertiary/aromatic N) is 5. The van der Waals surface area contributed by atoms with E-state index >= 15 is 0 Å². The lowest BCUT2D eigenvalue weighted by Crippen LogP contribution is -2.33. The van der Waals surface area contributed by atoms with Crippen molar-refractivity contribution in [1.82, 2.24) is 29.7 Å². The Morgan fingerprint density at radius 2 is 2.03 bits per heavy atom. The minimum absolute atomic E-state index is 0.0973. The van der Waals surface area contributed by atoms with E-state index in [9.17, 15) is 22.8 Å². The molecule has 3 aromatic heterocycles. The SMILES string of the molecule is CCCN(CC(=O)O)c1nc2nc(-c3cnn(Cc4cccc(C(F)(F)F)c4)c3)[nH]c2c(=O)[nH]1. The first kappa shape index (κ1) is 23.0. The number of hydrogen-bond donors (Lipinski definition) is 3. The Morgan fingerprint density at radius 1 is 1.24 bits per heavy atom. The van der Waals surface area contributed by atoms with Crippen LogP contribution >= 0.6 is 0 Å². The number of alkyl halides is 3. The fourth-order valence-corrected chi connectivity index (χ4v) is 3.48. The van der Waals surface area contributed by atoms with Crippen molar-refractivity contribution in [3.05, 3.63) is 58.1 Å². The fourth-order valence-electron chi connectivity index (χ4n) is 3.48. The number of fused-ring (bicyclic) bond motifs is 1. The van der Waals surface area contributed by atoms with Gasteiger partial charge in [0.05, 0.1) is 23.9 Å². The number of benzene rings is 1. The van der Waals surface area contributed by atoms with Crippen LogP contribution in [0.5, 0.6) is 0 Å². The Labute approximate surface area is 190 Å². The van der Waals surface area contributed by atoms with Crippen LogP contribution in [0.2, 0.25) is 0 Å². The molecule has 3 heterocycles. The number of H-pyrrole nitrogens is 2. The molecule has 0 aliphatic heterocycles. The molecule has 13 heteroatoms. The first-order valence-electron chi connectivity index (χ1n) is 10.3. The van der Waals surface area contributed by atoms with E-state index in [1.54, 1.807) is 12.3 Å². The van der Waals surface area contributed by atoms with Gasteiger partial charge in [-0.1, -0.05) is 19.1 Å². The Hall–Kier alpha value is -4.16. The van der Waals surface area contributed by atoms with Gasteiger partial charge in [0.2, 0.25) is 5.95 Å². The minimum Gasteiger partial charge on any atom is -0.480 e. The monoisotopic (exact) mass is 475 g/mol. The van der Waals surface area contributed by atoms with Crippen molar-refractivity contribution in [3.63, 3.8) is 0 Å². The van der Waals surface area contributed by atoms with E-state index in [-0.39, 0.29) is 30.2 Å². The number of aliphatic carboxylic acids is 1. The van der Waals surface area contributed by atoms with Gasteiger partial charge in [0.15, 0.2) is 11.2 Å². The van der Waals surface area contributed by atoms with Crippen LogP contribution in [0.15, 0.2) is 41.5 Å². The van der Waals surface area contributed by atoms with Crippen molar-refractivity contribution in [2.45, 2.75) is 26.1 Å². The third-order valence-corrected chi connectivity index (χ3v) is 4.97. The number of carboxylic acids is 1. The van der Waals surface area contributed by atoms with Gasteiger partial charge >= 0.3 is 12.1 Å². The lowest BCUT2D eigenvalue weighted by molar-refractivity contribution is -0.138. The third-order valence-electron chi connectivity index (χ3n) is 4.97. The molecule has 0 aliphatic rings. The maximum absolute atomic E-state index is 12.9. The fraction of sp³-hybridized carbons (Fsp3) is 0.286. The molecule has 10 nitrogen and oxygen atoms in total. The molecule has 4 aromatic rings. The molecule has 4 rings (SSSR count). The molecule has 3 N–H and O–H groups in total. The van der Waals surface area contributed by atoms with Crippen LogP contribution in [-0.4, -0.2) is 53.9 Å². The molecule has 0 aliphatic carbocycles. The molecule has 178 valence electrons. The number of hydrogen-bond acceptors (Lipinski definition) is 6. The topological polar surface area (TPSA) is 133 Å². The highest BCUT2D eigenvalue weighted by Gasteiger charge is 2.30. The highest BCUT2D eigenvalue weighted by molar-refractivity contribution is 5.77.